The number of aliphatic hydroxyl groups excluding tert-OH is 1. The van der Waals surface area contributed by atoms with Crippen LogP contribution in [-0.4, -0.2) is 46.7 Å². The Hall–Kier alpha value is -1.16. The Morgan fingerprint density at radius 1 is 1.35 bits per heavy atom. The minimum absolute atomic E-state index is 0.0140. The van der Waals surface area contributed by atoms with E-state index in [-0.39, 0.29) is 31.3 Å². The molecule has 0 aromatic rings. The first-order valence-corrected chi connectivity index (χ1v) is 7.12. The highest BCUT2D eigenvalue weighted by Gasteiger charge is 2.52. The predicted octanol–water partition coefficient (Wildman–Crippen LogP) is 1.22. The van der Waals surface area contributed by atoms with Gasteiger partial charge in [-0.25, -0.2) is 0 Å². The van der Waals surface area contributed by atoms with Crippen molar-refractivity contribution in [2.24, 2.45) is 0 Å². The number of carbonyl (C=O) groups is 1. The van der Waals surface area contributed by atoms with Crippen LogP contribution in [0.25, 0.3) is 0 Å². The fourth-order valence-corrected chi connectivity index (χ4v) is 3.19. The molecule has 2 N–H and O–H groups in total. The molecule has 112 valence electrons. The topological polar surface area (TPSA) is 99.8 Å². The number of hydrogen-bond donors (Lipinski definition) is 2. The SMILES string of the molecule is N#CCCC1CCC2OC(CCC(=O)O)CC2(CO)O1. The van der Waals surface area contributed by atoms with Gasteiger partial charge in [0.1, 0.15) is 5.60 Å². The molecule has 2 saturated heterocycles. The van der Waals surface area contributed by atoms with E-state index >= 15 is 0 Å². The van der Waals surface area contributed by atoms with E-state index < -0.39 is 11.6 Å². The first-order valence-electron chi connectivity index (χ1n) is 7.12. The van der Waals surface area contributed by atoms with Gasteiger partial charge < -0.3 is 19.7 Å². The third kappa shape index (κ3) is 3.29. The Morgan fingerprint density at radius 2 is 2.15 bits per heavy atom. The molecule has 6 nitrogen and oxygen atoms in total. The maximum atomic E-state index is 10.6. The predicted molar refractivity (Wildman–Crippen MR) is 68.9 cm³/mol. The number of hydrogen-bond acceptors (Lipinski definition) is 5. The molecule has 2 aliphatic heterocycles. The lowest BCUT2D eigenvalue weighted by Gasteiger charge is -2.40. The van der Waals surface area contributed by atoms with Crippen molar-refractivity contribution in [2.75, 3.05) is 6.61 Å². The van der Waals surface area contributed by atoms with Gasteiger partial charge in [0.05, 0.1) is 31.0 Å². The highest BCUT2D eigenvalue weighted by molar-refractivity contribution is 5.66. The van der Waals surface area contributed by atoms with Crippen LogP contribution in [-0.2, 0) is 14.3 Å². The van der Waals surface area contributed by atoms with Crippen molar-refractivity contribution >= 4 is 5.97 Å². The van der Waals surface area contributed by atoms with Gasteiger partial charge in [-0.3, -0.25) is 4.79 Å². The third-order valence-corrected chi connectivity index (χ3v) is 4.19. The third-order valence-electron chi connectivity index (χ3n) is 4.19. The van der Waals surface area contributed by atoms with E-state index in [0.717, 1.165) is 12.8 Å². The summed E-state index contributed by atoms with van der Waals surface area (Å²) in [5.74, 6) is -0.839. The van der Waals surface area contributed by atoms with Crippen LogP contribution >= 0.6 is 0 Å². The Bertz CT molecular complexity index is 394. The Morgan fingerprint density at radius 3 is 2.80 bits per heavy atom. The van der Waals surface area contributed by atoms with Crippen LogP contribution in [0.1, 0.15) is 44.9 Å². The van der Waals surface area contributed by atoms with E-state index in [2.05, 4.69) is 6.07 Å². The molecule has 0 spiro atoms. The fourth-order valence-electron chi connectivity index (χ4n) is 3.19. The molecule has 6 heteroatoms. The van der Waals surface area contributed by atoms with Gasteiger partial charge in [0, 0.05) is 19.3 Å². The van der Waals surface area contributed by atoms with Gasteiger partial charge in [-0.2, -0.15) is 5.26 Å². The molecule has 0 amide bonds. The number of ether oxygens (including phenoxy) is 2. The summed E-state index contributed by atoms with van der Waals surface area (Å²) in [7, 11) is 0. The molecule has 2 heterocycles. The molecule has 0 aromatic carbocycles. The molecule has 0 bridgehead atoms. The zero-order valence-corrected chi connectivity index (χ0v) is 11.5. The van der Waals surface area contributed by atoms with Crippen molar-refractivity contribution in [1.82, 2.24) is 0 Å². The summed E-state index contributed by atoms with van der Waals surface area (Å²) in [6.07, 6.45) is 3.42. The summed E-state index contributed by atoms with van der Waals surface area (Å²) < 4.78 is 11.9. The van der Waals surface area contributed by atoms with Gasteiger partial charge in [0.2, 0.25) is 0 Å². The Balaban J connectivity index is 1.95. The van der Waals surface area contributed by atoms with Crippen molar-refractivity contribution in [2.45, 2.75) is 68.9 Å². The Labute approximate surface area is 118 Å². The molecular weight excluding hydrogens is 262 g/mol. The van der Waals surface area contributed by atoms with Gasteiger partial charge in [-0.05, 0) is 25.7 Å². The molecule has 0 saturated carbocycles. The van der Waals surface area contributed by atoms with E-state index in [1.165, 1.54) is 0 Å². The van der Waals surface area contributed by atoms with Crippen LogP contribution in [0.2, 0.25) is 0 Å². The number of aliphatic hydroxyl groups is 1. The van der Waals surface area contributed by atoms with Gasteiger partial charge >= 0.3 is 5.97 Å². The fraction of sp³-hybridized carbons (Fsp3) is 0.857. The van der Waals surface area contributed by atoms with Crippen LogP contribution in [0.4, 0.5) is 0 Å². The first kappa shape index (κ1) is 15.2. The largest absolute Gasteiger partial charge is 0.481 e. The summed E-state index contributed by atoms with van der Waals surface area (Å²) in [6.45, 7) is -0.121. The summed E-state index contributed by atoms with van der Waals surface area (Å²) in [6, 6.07) is 2.11. The number of carboxylic acids is 1. The van der Waals surface area contributed by atoms with Gasteiger partial charge in [-0.1, -0.05) is 0 Å². The lowest BCUT2D eigenvalue weighted by molar-refractivity contribution is -0.183. The number of fused-ring (bicyclic) bond motifs is 1. The molecule has 2 rings (SSSR count). The van der Waals surface area contributed by atoms with Crippen LogP contribution < -0.4 is 0 Å². The second-order valence-corrected chi connectivity index (χ2v) is 5.62. The Kier molecular flexibility index (Phi) is 4.97. The van der Waals surface area contributed by atoms with E-state index in [1.807, 2.05) is 0 Å². The van der Waals surface area contributed by atoms with Gasteiger partial charge in [0.15, 0.2) is 0 Å². The van der Waals surface area contributed by atoms with Crippen LogP contribution in [0.5, 0.6) is 0 Å². The van der Waals surface area contributed by atoms with Crippen molar-refractivity contribution in [3.8, 4) is 6.07 Å². The molecule has 20 heavy (non-hydrogen) atoms. The smallest absolute Gasteiger partial charge is 0.303 e. The number of rotatable bonds is 6. The highest BCUT2D eigenvalue weighted by Crippen LogP contribution is 2.43. The minimum atomic E-state index is -0.839. The van der Waals surface area contributed by atoms with E-state index in [4.69, 9.17) is 19.8 Å². The summed E-state index contributed by atoms with van der Waals surface area (Å²) in [4.78, 5) is 10.6. The van der Waals surface area contributed by atoms with Crippen LogP contribution in [0.3, 0.4) is 0 Å². The molecular formula is C14H21NO5. The highest BCUT2D eigenvalue weighted by atomic mass is 16.6. The zero-order valence-electron chi connectivity index (χ0n) is 11.5. The number of aliphatic carboxylic acids is 1. The molecule has 2 fully saturated rings. The average Bonchev–Trinajstić information content (AvgIpc) is 2.81. The molecule has 4 atom stereocenters. The van der Waals surface area contributed by atoms with Crippen molar-refractivity contribution < 1.29 is 24.5 Å². The normalized spacial score (nSPS) is 36.3. The standard InChI is InChI=1S/C14H21NO5/c15-7-1-2-10-3-5-12-14(9-16,20-10)8-11(19-12)4-6-13(17)18/h10-12,16H,1-6,8-9H2,(H,17,18). The number of nitriles is 1. The van der Waals surface area contributed by atoms with Gasteiger partial charge in [-0.15, -0.1) is 0 Å². The number of nitrogens with zero attached hydrogens (tertiary/aromatic N) is 1. The molecule has 4 unspecified atom stereocenters. The van der Waals surface area contributed by atoms with E-state index in [1.54, 1.807) is 0 Å². The molecule has 0 aliphatic carbocycles. The lowest BCUT2D eigenvalue weighted by atomic mass is 9.86. The molecule has 0 radical (unpaired) electrons. The summed E-state index contributed by atoms with van der Waals surface area (Å²) in [5, 5.41) is 27.1. The van der Waals surface area contributed by atoms with Gasteiger partial charge in [0.25, 0.3) is 0 Å². The monoisotopic (exact) mass is 283 g/mol. The quantitative estimate of drug-likeness (QED) is 0.760. The van der Waals surface area contributed by atoms with Crippen molar-refractivity contribution in [3.05, 3.63) is 0 Å². The van der Waals surface area contributed by atoms with Crippen molar-refractivity contribution in [1.29, 1.82) is 5.26 Å². The maximum absolute atomic E-state index is 10.6. The second-order valence-electron chi connectivity index (χ2n) is 5.62. The maximum Gasteiger partial charge on any atom is 0.303 e. The van der Waals surface area contributed by atoms with E-state index in [9.17, 15) is 9.90 Å². The lowest BCUT2D eigenvalue weighted by Crippen LogP contribution is -2.51. The first-order chi connectivity index (χ1) is 9.59. The molecule has 0 aromatic heterocycles. The molecule has 2 aliphatic rings. The summed E-state index contributed by atoms with van der Waals surface area (Å²) >= 11 is 0. The van der Waals surface area contributed by atoms with Crippen LogP contribution in [0, 0.1) is 11.3 Å². The van der Waals surface area contributed by atoms with Crippen molar-refractivity contribution in [3.63, 3.8) is 0 Å². The second kappa shape index (κ2) is 6.53. The number of carboxylic acid groups (broad SMARTS) is 1. The zero-order chi connectivity index (χ0) is 14.6. The average molecular weight is 283 g/mol. The van der Waals surface area contributed by atoms with E-state index in [0.29, 0.717) is 25.7 Å². The van der Waals surface area contributed by atoms with Crippen LogP contribution in [0.15, 0.2) is 0 Å². The minimum Gasteiger partial charge on any atom is -0.481 e. The summed E-state index contributed by atoms with van der Waals surface area (Å²) in [5.41, 5.74) is -0.707.